The number of fused-ring (bicyclic) bond motifs is 4. The summed E-state index contributed by atoms with van der Waals surface area (Å²) < 4.78 is 29.1. The molecular formula is C32H35FN6O3. The number of phenolic OH excluding ortho intramolecular Hbond substituents is 1. The summed E-state index contributed by atoms with van der Waals surface area (Å²) in [6.07, 6.45) is 7.11. The first-order valence-electron chi connectivity index (χ1n) is 15.1. The minimum Gasteiger partial charge on any atom is -0.508 e. The predicted octanol–water partition coefficient (Wildman–Crippen LogP) is 4.26. The third kappa shape index (κ3) is 4.35. The highest BCUT2D eigenvalue weighted by molar-refractivity contribution is 5.99. The number of aromatic hydroxyl groups is 1. The molecule has 9 nitrogen and oxygen atoms in total. The fourth-order valence-electron chi connectivity index (χ4n) is 7.63. The Morgan fingerprint density at radius 2 is 1.95 bits per heavy atom. The maximum absolute atomic E-state index is 16.6. The number of aromatic nitrogens is 3. The Morgan fingerprint density at radius 1 is 1.10 bits per heavy atom. The minimum absolute atomic E-state index is 0.0147. The highest BCUT2D eigenvalue weighted by Gasteiger charge is 2.45. The molecule has 0 saturated carbocycles. The van der Waals surface area contributed by atoms with Crippen LogP contribution in [-0.4, -0.2) is 88.6 Å². The number of ether oxygens (including phenoxy) is 2. The standard InChI is InChI=1S/C32H35FN6O3/c33-27-28(23-16-21(40)15-20-5-1-2-6-22(20)23)35-17-24-29(27)36-31(42-19-32-8-3-11-39(32)12-4-9-32)37-30(24)38-13-7-25-26(18-38)41-14-10-34-25/h1-2,5-6,15-17,25-26,34,40H,3-4,7-14,18-19H2. The zero-order chi connectivity index (χ0) is 28.3. The average molecular weight is 571 g/mol. The first-order valence-corrected chi connectivity index (χ1v) is 15.1. The van der Waals surface area contributed by atoms with Gasteiger partial charge in [0.25, 0.3) is 0 Å². The second kappa shape index (κ2) is 10.3. The number of pyridine rings is 1. The van der Waals surface area contributed by atoms with Gasteiger partial charge >= 0.3 is 6.01 Å². The summed E-state index contributed by atoms with van der Waals surface area (Å²) in [6.45, 7) is 5.60. The van der Waals surface area contributed by atoms with E-state index in [9.17, 15) is 5.11 Å². The van der Waals surface area contributed by atoms with Crippen LogP contribution < -0.4 is 15.0 Å². The molecule has 2 aromatic carbocycles. The monoisotopic (exact) mass is 570 g/mol. The molecule has 4 saturated heterocycles. The van der Waals surface area contributed by atoms with Crippen LogP contribution in [0.4, 0.5) is 10.2 Å². The van der Waals surface area contributed by atoms with E-state index in [2.05, 4.69) is 25.1 Å². The number of nitrogens with one attached hydrogen (secondary N) is 1. The van der Waals surface area contributed by atoms with Gasteiger partial charge < -0.3 is 24.8 Å². The molecule has 0 bridgehead atoms. The second-order valence-electron chi connectivity index (χ2n) is 12.1. The van der Waals surface area contributed by atoms with E-state index in [1.54, 1.807) is 18.3 Å². The van der Waals surface area contributed by atoms with Crippen molar-refractivity contribution >= 4 is 27.5 Å². The lowest BCUT2D eigenvalue weighted by molar-refractivity contribution is -0.00913. The van der Waals surface area contributed by atoms with Gasteiger partial charge in [0, 0.05) is 37.4 Å². The van der Waals surface area contributed by atoms with Crippen LogP contribution in [0.25, 0.3) is 32.9 Å². The number of rotatable bonds is 5. The van der Waals surface area contributed by atoms with Crippen LogP contribution in [0.3, 0.4) is 0 Å². The number of benzene rings is 2. The lowest BCUT2D eigenvalue weighted by atomic mass is 9.95. The highest BCUT2D eigenvalue weighted by Crippen LogP contribution is 2.40. The Morgan fingerprint density at radius 3 is 2.83 bits per heavy atom. The van der Waals surface area contributed by atoms with Crippen molar-refractivity contribution < 1.29 is 19.0 Å². The fourth-order valence-corrected chi connectivity index (χ4v) is 7.63. The predicted molar refractivity (Wildman–Crippen MR) is 159 cm³/mol. The lowest BCUT2D eigenvalue weighted by Crippen LogP contribution is -2.58. The minimum atomic E-state index is -0.552. The molecule has 2 aromatic heterocycles. The highest BCUT2D eigenvalue weighted by atomic mass is 19.1. The maximum Gasteiger partial charge on any atom is 0.319 e. The Balaban J connectivity index is 1.23. The van der Waals surface area contributed by atoms with Crippen LogP contribution in [0.5, 0.6) is 11.8 Å². The molecule has 2 unspecified atom stereocenters. The summed E-state index contributed by atoms with van der Waals surface area (Å²) >= 11 is 0. The van der Waals surface area contributed by atoms with Crippen LogP contribution in [-0.2, 0) is 4.74 Å². The summed E-state index contributed by atoms with van der Waals surface area (Å²) in [7, 11) is 0. The van der Waals surface area contributed by atoms with Crippen LogP contribution in [0, 0.1) is 5.82 Å². The topological polar surface area (TPSA) is 95.9 Å². The quantitative estimate of drug-likeness (QED) is 0.365. The SMILES string of the molecule is Oc1cc(-c2ncc3c(N4CCC5NCCOC5C4)nc(OCC45CCCN4CCC5)nc3c2F)c2ccccc2c1. The molecule has 0 amide bonds. The van der Waals surface area contributed by atoms with E-state index in [4.69, 9.17) is 14.5 Å². The smallest absolute Gasteiger partial charge is 0.319 e. The van der Waals surface area contributed by atoms with Crippen LogP contribution >= 0.6 is 0 Å². The summed E-state index contributed by atoms with van der Waals surface area (Å²) in [5.74, 6) is 0.121. The molecule has 2 atom stereocenters. The van der Waals surface area contributed by atoms with Crippen LogP contribution in [0.2, 0.25) is 0 Å². The Kier molecular flexibility index (Phi) is 6.38. The maximum atomic E-state index is 16.6. The van der Waals surface area contributed by atoms with Gasteiger partial charge in [-0.3, -0.25) is 9.88 Å². The number of nitrogens with zero attached hydrogens (tertiary/aromatic N) is 5. The normalized spacial score (nSPS) is 23.8. The van der Waals surface area contributed by atoms with E-state index in [0.717, 1.165) is 56.2 Å². The van der Waals surface area contributed by atoms with Crippen LogP contribution in [0.15, 0.2) is 42.6 Å². The second-order valence-corrected chi connectivity index (χ2v) is 12.1. The molecule has 4 fully saturated rings. The molecule has 0 aliphatic carbocycles. The van der Waals surface area contributed by atoms with Gasteiger partial charge in [-0.1, -0.05) is 24.3 Å². The van der Waals surface area contributed by atoms with Crippen molar-refractivity contribution in [3.63, 3.8) is 0 Å². The largest absolute Gasteiger partial charge is 0.508 e. The molecule has 6 heterocycles. The Labute approximate surface area is 243 Å². The van der Waals surface area contributed by atoms with Gasteiger partial charge in [0.2, 0.25) is 0 Å². The van der Waals surface area contributed by atoms with Crippen molar-refractivity contribution in [1.82, 2.24) is 25.2 Å². The molecule has 4 aliphatic heterocycles. The van der Waals surface area contributed by atoms with E-state index in [-0.39, 0.29) is 34.6 Å². The molecule has 0 radical (unpaired) electrons. The molecule has 4 aromatic rings. The first-order chi connectivity index (χ1) is 20.6. The van der Waals surface area contributed by atoms with E-state index in [1.165, 1.54) is 12.8 Å². The Hall–Kier alpha value is -3.60. The van der Waals surface area contributed by atoms with Gasteiger partial charge in [-0.05, 0) is 68.1 Å². The van der Waals surface area contributed by atoms with Crippen molar-refractivity contribution in [3.8, 4) is 23.0 Å². The summed E-state index contributed by atoms with van der Waals surface area (Å²) in [5, 5.41) is 16.2. The summed E-state index contributed by atoms with van der Waals surface area (Å²) in [4.78, 5) is 18.9. The summed E-state index contributed by atoms with van der Waals surface area (Å²) in [5.41, 5.74) is 0.840. The van der Waals surface area contributed by atoms with Crippen LogP contribution in [0.1, 0.15) is 32.1 Å². The molecule has 4 aliphatic rings. The number of phenols is 1. The molecule has 8 rings (SSSR count). The van der Waals surface area contributed by atoms with Crippen molar-refractivity contribution in [2.45, 2.75) is 49.8 Å². The third-order valence-electron chi connectivity index (χ3n) is 9.73. The van der Waals surface area contributed by atoms with E-state index in [1.807, 2.05) is 24.3 Å². The number of anilines is 1. The van der Waals surface area contributed by atoms with Crippen molar-refractivity contribution in [3.05, 3.63) is 48.4 Å². The van der Waals surface area contributed by atoms with Gasteiger partial charge in [-0.15, -0.1) is 0 Å². The van der Waals surface area contributed by atoms with Crippen molar-refractivity contribution in [1.29, 1.82) is 0 Å². The van der Waals surface area contributed by atoms with E-state index >= 15 is 4.39 Å². The van der Waals surface area contributed by atoms with E-state index in [0.29, 0.717) is 42.6 Å². The first kappa shape index (κ1) is 26.1. The lowest BCUT2D eigenvalue weighted by Gasteiger charge is -2.42. The van der Waals surface area contributed by atoms with E-state index < -0.39 is 5.82 Å². The third-order valence-corrected chi connectivity index (χ3v) is 9.73. The Bertz CT molecular complexity index is 1660. The number of piperidine rings is 1. The molecule has 10 heteroatoms. The molecule has 42 heavy (non-hydrogen) atoms. The summed E-state index contributed by atoms with van der Waals surface area (Å²) in [6, 6.07) is 11.3. The number of hydrogen-bond acceptors (Lipinski definition) is 9. The van der Waals surface area contributed by atoms with Gasteiger partial charge in [-0.2, -0.15) is 9.97 Å². The van der Waals surface area contributed by atoms with Gasteiger partial charge in [0.1, 0.15) is 29.4 Å². The number of halogens is 1. The molecule has 0 spiro atoms. The number of hydrogen-bond donors (Lipinski definition) is 2. The van der Waals surface area contributed by atoms with Gasteiger partial charge in [-0.25, -0.2) is 4.39 Å². The fraction of sp³-hybridized carbons (Fsp3) is 0.469. The van der Waals surface area contributed by atoms with Crippen molar-refractivity contribution in [2.75, 3.05) is 50.8 Å². The average Bonchev–Trinajstić information content (AvgIpc) is 3.60. The van der Waals surface area contributed by atoms with Crippen molar-refractivity contribution in [2.24, 2.45) is 0 Å². The molecule has 218 valence electrons. The molecule has 2 N–H and O–H groups in total. The molecular weight excluding hydrogens is 535 g/mol. The van der Waals surface area contributed by atoms with Gasteiger partial charge in [0.15, 0.2) is 5.82 Å². The zero-order valence-corrected chi connectivity index (χ0v) is 23.6. The number of morpholine rings is 1. The van der Waals surface area contributed by atoms with Gasteiger partial charge in [0.05, 0.1) is 23.6 Å². The zero-order valence-electron chi connectivity index (χ0n) is 23.6.